The third-order valence-corrected chi connectivity index (χ3v) is 9.55. The molecule has 11 heteroatoms. The van der Waals surface area contributed by atoms with Gasteiger partial charge in [-0.25, -0.2) is 0 Å². The smallest absolute Gasteiger partial charge is 0.301 e. The molecule has 0 radical (unpaired) electrons. The predicted molar refractivity (Wildman–Crippen MR) is 175 cm³/mol. The molecule has 0 aliphatic carbocycles. The fourth-order valence-electron chi connectivity index (χ4n) is 5.31. The summed E-state index contributed by atoms with van der Waals surface area (Å²) in [7, 11) is 2.98. The van der Waals surface area contributed by atoms with Gasteiger partial charge in [0.2, 0.25) is 5.13 Å². The maximum atomic E-state index is 13.7. The molecule has 1 aromatic heterocycles. The Morgan fingerprint density at radius 1 is 0.933 bits per heavy atom. The minimum absolute atomic E-state index is 0.0726. The number of benzene rings is 4. The lowest BCUT2D eigenvalue weighted by atomic mass is 9.95. The van der Waals surface area contributed by atoms with Crippen LogP contribution >= 0.6 is 23.1 Å². The van der Waals surface area contributed by atoms with E-state index < -0.39 is 17.7 Å². The van der Waals surface area contributed by atoms with Gasteiger partial charge in [0.25, 0.3) is 5.78 Å². The highest BCUT2D eigenvalue weighted by atomic mass is 32.2. The predicted octanol–water partition coefficient (Wildman–Crippen LogP) is 7.03. The normalized spacial score (nSPS) is 15.9. The lowest BCUT2D eigenvalue weighted by Gasteiger charge is -2.23. The average molecular weight is 640 g/mol. The molecular weight excluding hydrogens is 611 g/mol. The molecule has 1 unspecified atom stereocenters. The van der Waals surface area contributed by atoms with Crippen LogP contribution in [-0.4, -0.2) is 47.8 Å². The summed E-state index contributed by atoms with van der Waals surface area (Å²) < 4.78 is 17.0. The van der Waals surface area contributed by atoms with Crippen LogP contribution in [0.1, 0.15) is 29.7 Å². The number of rotatable bonds is 10. The van der Waals surface area contributed by atoms with Gasteiger partial charge < -0.3 is 19.3 Å². The molecule has 0 spiro atoms. The van der Waals surface area contributed by atoms with E-state index in [1.807, 2.05) is 25.1 Å². The number of carbonyl (C=O) groups is 2. The summed E-state index contributed by atoms with van der Waals surface area (Å²) in [5.74, 6) is 0.132. The van der Waals surface area contributed by atoms with Crippen molar-refractivity contribution in [3.05, 3.63) is 107 Å². The van der Waals surface area contributed by atoms with E-state index in [2.05, 4.69) is 34.5 Å². The number of hydrogen-bond acceptors (Lipinski definition) is 10. The summed E-state index contributed by atoms with van der Waals surface area (Å²) >= 11 is 2.72. The van der Waals surface area contributed by atoms with E-state index in [9.17, 15) is 14.7 Å². The van der Waals surface area contributed by atoms with Gasteiger partial charge in [0, 0.05) is 11.3 Å². The summed E-state index contributed by atoms with van der Waals surface area (Å²) in [6, 6.07) is 25.3. The highest BCUT2D eigenvalue weighted by Gasteiger charge is 2.48. The van der Waals surface area contributed by atoms with Gasteiger partial charge in [-0.15, -0.1) is 10.2 Å². The minimum Gasteiger partial charge on any atom is -0.507 e. The molecule has 5 aromatic rings. The summed E-state index contributed by atoms with van der Waals surface area (Å²) in [6.45, 7) is 2.37. The first-order valence-electron chi connectivity index (χ1n) is 14.1. The standard InChI is InChI=1S/C34H29N3O6S2/c1-4-43-24-15-12-21(13-16-24)29-28(30(38)22-14-17-26(41-2)27(18-22)42-3)31(39)32(40)37(29)33-35-36-34(45-33)44-19-23-10-7-9-20-8-5-6-11-25(20)23/h5-18,29,38H,4,19H2,1-3H3/b30-28-. The number of amides is 1. The molecule has 4 aromatic carbocycles. The van der Waals surface area contributed by atoms with Gasteiger partial charge in [0.05, 0.1) is 32.4 Å². The number of fused-ring (bicyclic) bond motifs is 1. The Morgan fingerprint density at radius 2 is 1.69 bits per heavy atom. The zero-order chi connectivity index (χ0) is 31.5. The lowest BCUT2D eigenvalue weighted by Crippen LogP contribution is -2.29. The second-order valence-electron chi connectivity index (χ2n) is 10.0. The Labute approximate surface area is 268 Å². The van der Waals surface area contributed by atoms with Gasteiger partial charge in [0.1, 0.15) is 11.5 Å². The van der Waals surface area contributed by atoms with Gasteiger partial charge in [0.15, 0.2) is 15.8 Å². The second kappa shape index (κ2) is 13.0. The van der Waals surface area contributed by atoms with Crippen LogP contribution in [0.5, 0.6) is 17.2 Å². The van der Waals surface area contributed by atoms with Crippen LogP contribution in [0.25, 0.3) is 16.5 Å². The maximum Gasteiger partial charge on any atom is 0.301 e. The Kier molecular flexibility index (Phi) is 8.72. The molecule has 1 aliphatic heterocycles. The summed E-state index contributed by atoms with van der Waals surface area (Å²) in [6.07, 6.45) is 0. The summed E-state index contributed by atoms with van der Waals surface area (Å²) in [5, 5.41) is 22.8. The number of methoxy groups -OCH3 is 2. The third kappa shape index (κ3) is 5.84. The van der Waals surface area contributed by atoms with Crippen LogP contribution < -0.4 is 19.1 Å². The summed E-state index contributed by atoms with van der Waals surface area (Å²) in [4.78, 5) is 28.6. The summed E-state index contributed by atoms with van der Waals surface area (Å²) in [5.41, 5.74) is 1.97. The van der Waals surface area contributed by atoms with Crippen molar-refractivity contribution in [2.24, 2.45) is 0 Å². The molecule has 1 aliphatic rings. The van der Waals surface area contributed by atoms with E-state index in [0.29, 0.717) is 45.1 Å². The molecule has 45 heavy (non-hydrogen) atoms. The van der Waals surface area contributed by atoms with Crippen molar-refractivity contribution in [3.8, 4) is 17.2 Å². The number of aromatic nitrogens is 2. The molecule has 1 atom stereocenters. The van der Waals surface area contributed by atoms with Gasteiger partial charge in [-0.05, 0) is 59.2 Å². The number of nitrogens with zero attached hydrogens (tertiary/aromatic N) is 3. The number of carbonyl (C=O) groups excluding carboxylic acids is 2. The van der Waals surface area contributed by atoms with E-state index in [0.717, 1.165) is 16.3 Å². The quantitative estimate of drug-likeness (QED) is 0.0566. The van der Waals surface area contributed by atoms with E-state index in [4.69, 9.17) is 14.2 Å². The Hall–Kier alpha value is -4.87. The molecule has 6 rings (SSSR count). The zero-order valence-corrected chi connectivity index (χ0v) is 26.4. The molecular formula is C34H29N3O6S2. The van der Waals surface area contributed by atoms with Crippen molar-refractivity contribution in [2.75, 3.05) is 25.7 Å². The van der Waals surface area contributed by atoms with E-state index in [1.54, 1.807) is 42.5 Å². The number of ether oxygens (including phenoxy) is 3. The molecule has 9 nitrogen and oxygen atoms in total. The minimum atomic E-state index is -0.961. The first-order valence-corrected chi connectivity index (χ1v) is 15.9. The monoisotopic (exact) mass is 639 g/mol. The van der Waals surface area contributed by atoms with Crippen molar-refractivity contribution in [2.45, 2.75) is 23.1 Å². The number of Topliss-reactive ketones (excluding diaryl/α,β-unsaturated/α-hetero) is 1. The molecule has 228 valence electrons. The number of hydrogen-bond donors (Lipinski definition) is 1. The zero-order valence-electron chi connectivity index (χ0n) is 24.7. The number of aliphatic hydroxyl groups excluding tert-OH is 1. The second-order valence-corrected chi connectivity index (χ2v) is 12.2. The number of anilines is 1. The maximum absolute atomic E-state index is 13.7. The molecule has 2 heterocycles. The van der Waals surface area contributed by atoms with Crippen molar-refractivity contribution in [3.63, 3.8) is 0 Å². The molecule has 0 bridgehead atoms. The Bertz CT molecular complexity index is 1920. The van der Waals surface area contributed by atoms with Crippen LogP contribution in [0.15, 0.2) is 94.8 Å². The van der Waals surface area contributed by atoms with Crippen LogP contribution in [0.2, 0.25) is 0 Å². The molecule has 1 saturated heterocycles. The van der Waals surface area contributed by atoms with Gasteiger partial charge in [-0.2, -0.15) is 0 Å². The van der Waals surface area contributed by atoms with Crippen LogP contribution in [0.3, 0.4) is 0 Å². The highest BCUT2D eigenvalue weighted by molar-refractivity contribution is 8.00. The Balaban J connectivity index is 1.38. The topological polar surface area (TPSA) is 111 Å². The molecule has 1 amide bonds. The number of thioether (sulfide) groups is 1. The van der Waals surface area contributed by atoms with Crippen LogP contribution in [-0.2, 0) is 15.3 Å². The highest BCUT2D eigenvalue weighted by Crippen LogP contribution is 2.45. The van der Waals surface area contributed by atoms with E-state index in [1.165, 1.54) is 42.2 Å². The first kappa shape index (κ1) is 30.2. The number of aliphatic hydroxyl groups is 1. The van der Waals surface area contributed by atoms with Gasteiger partial charge >= 0.3 is 5.91 Å². The SMILES string of the molecule is CCOc1ccc(C2/C(=C(/O)c3ccc(OC)c(OC)c3)C(=O)C(=O)N2c2nnc(SCc3cccc4ccccc34)s2)cc1. The van der Waals surface area contributed by atoms with E-state index in [-0.39, 0.29) is 16.5 Å². The van der Waals surface area contributed by atoms with Crippen molar-refractivity contribution in [1.82, 2.24) is 10.2 Å². The molecule has 1 fully saturated rings. The average Bonchev–Trinajstić information content (AvgIpc) is 3.65. The van der Waals surface area contributed by atoms with Gasteiger partial charge in [-0.3, -0.25) is 14.5 Å². The molecule has 1 N–H and O–H groups in total. The largest absolute Gasteiger partial charge is 0.507 e. The van der Waals surface area contributed by atoms with Crippen LogP contribution in [0.4, 0.5) is 5.13 Å². The van der Waals surface area contributed by atoms with Crippen molar-refractivity contribution >= 4 is 56.5 Å². The van der Waals surface area contributed by atoms with E-state index >= 15 is 0 Å². The van der Waals surface area contributed by atoms with Crippen molar-refractivity contribution < 1.29 is 28.9 Å². The number of ketones is 1. The molecule has 0 saturated carbocycles. The van der Waals surface area contributed by atoms with Gasteiger partial charge in [-0.1, -0.05) is 77.7 Å². The fraction of sp³-hybridized carbons (Fsp3) is 0.176. The van der Waals surface area contributed by atoms with Crippen molar-refractivity contribution in [1.29, 1.82) is 0 Å². The fourth-order valence-corrected chi connectivity index (χ4v) is 7.18. The lowest BCUT2D eigenvalue weighted by molar-refractivity contribution is -0.132. The Morgan fingerprint density at radius 3 is 2.44 bits per heavy atom. The third-order valence-electron chi connectivity index (χ3n) is 7.44. The first-order chi connectivity index (χ1) is 21.9. The van der Waals surface area contributed by atoms with Crippen LogP contribution in [0, 0.1) is 0 Å².